The van der Waals surface area contributed by atoms with Crippen LogP contribution in [0.5, 0.6) is 0 Å². The van der Waals surface area contributed by atoms with E-state index in [4.69, 9.17) is 0 Å². The number of halogens is 4. The van der Waals surface area contributed by atoms with Gasteiger partial charge in [0.05, 0.1) is 11.4 Å². The molecule has 104 valence electrons. The number of benzene rings is 2. The van der Waals surface area contributed by atoms with Gasteiger partial charge in [0.25, 0.3) is 0 Å². The molecule has 0 saturated carbocycles. The first-order chi connectivity index (χ1) is 9.49. The van der Waals surface area contributed by atoms with Gasteiger partial charge >= 0.3 is 6.03 Å². The molecule has 0 bridgehead atoms. The van der Waals surface area contributed by atoms with Crippen LogP contribution in [-0.4, -0.2) is 6.03 Å². The standard InChI is InChI=1S/C13H8F3IN2O/c14-7-5-6-10(12(16)11(7)15)19-13(20)18-9-4-2-1-3-8(9)17/h1-6H,(H2,18,19,20). The van der Waals surface area contributed by atoms with Gasteiger partial charge in [0.1, 0.15) is 0 Å². The van der Waals surface area contributed by atoms with Crippen molar-refractivity contribution in [2.45, 2.75) is 0 Å². The van der Waals surface area contributed by atoms with Crippen molar-refractivity contribution in [3.05, 3.63) is 57.4 Å². The van der Waals surface area contributed by atoms with E-state index in [-0.39, 0.29) is 0 Å². The maximum Gasteiger partial charge on any atom is 0.323 e. The third kappa shape index (κ3) is 3.21. The topological polar surface area (TPSA) is 41.1 Å². The van der Waals surface area contributed by atoms with E-state index >= 15 is 0 Å². The number of carbonyl (C=O) groups is 1. The highest BCUT2D eigenvalue weighted by Gasteiger charge is 2.15. The highest BCUT2D eigenvalue weighted by Crippen LogP contribution is 2.21. The van der Waals surface area contributed by atoms with Gasteiger partial charge in [-0.2, -0.15) is 0 Å². The predicted molar refractivity (Wildman–Crippen MR) is 78.1 cm³/mol. The summed E-state index contributed by atoms with van der Waals surface area (Å²) in [4.78, 5) is 11.7. The third-order valence-electron chi connectivity index (χ3n) is 2.41. The van der Waals surface area contributed by atoms with Gasteiger partial charge in [-0.3, -0.25) is 0 Å². The van der Waals surface area contributed by atoms with Crippen LogP contribution < -0.4 is 10.6 Å². The molecule has 2 aromatic rings. The van der Waals surface area contributed by atoms with E-state index in [1.165, 1.54) is 0 Å². The number of amides is 2. The van der Waals surface area contributed by atoms with Crippen molar-refractivity contribution in [2.75, 3.05) is 10.6 Å². The minimum Gasteiger partial charge on any atom is -0.307 e. The summed E-state index contributed by atoms with van der Waals surface area (Å²) in [6, 6.07) is 7.87. The van der Waals surface area contributed by atoms with Crippen LogP contribution in [0.4, 0.5) is 29.3 Å². The molecule has 2 amide bonds. The van der Waals surface area contributed by atoms with Gasteiger partial charge in [-0.05, 0) is 46.9 Å². The second kappa shape index (κ2) is 6.12. The summed E-state index contributed by atoms with van der Waals surface area (Å²) in [5.74, 6) is -4.38. The molecule has 0 fully saturated rings. The number of urea groups is 1. The lowest BCUT2D eigenvalue weighted by Crippen LogP contribution is -2.21. The van der Waals surface area contributed by atoms with E-state index in [1.54, 1.807) is 24.3 Å². The van der Waals surface area contributed by atoms with Gasteiger partial charge in [0.2, 0.25) is 0 Å². The van der Waals surface area contributed by atoms with Gasteiger partial charge in [0, 0.05) is 3.57 Å². The molecule has 0 heterocycles. The molecule has 3 nitrogen and oxygen atoms in total. The number of hydrogen-bond donors (Lipinski definition) is 2. The summed E-state index contributed by atoms with van der Waals surface area (Å²) in [6.07, 6.45) is 0. The molecule has 0 aliphatic rings. The summed E-state index contributed by atoms with van der Waals surface area (Å²) in [5.41, 5.74) is 0.0842. The van der Waals surface area contributed by atoms with Gasteiger partial charge in [-0.1, -0.05) is 12.1 Å². The van der Waals surface area contributed by atoms with Crippen LogP contribution in [0.2, 0.25) is 0 Å². The lowest BCUT2D eigenvalue weighted by molar-refractivity contribution is 0.262. The molecule has 2 N–H and O–H groups in total. The molecule has 0 spiro atoms. The molecule has 0 unspecified atom stereocenters. The Morgan fingerprint density at radius 3 is 2.25 bits per heavy atom. The normalized spacial score (nSPS) is 10.2. The predicted octanol–water partition coefficient (Wildman–Crippen LogP) is 4.35. The van der Waals surface area contributed by atoms with Crippen LogP contribution in [0.15, 0.2) is 36.4 Å². The SMILES string of the molecule is O=C(Nc1ccccc1I)Nc1ccc(F)c(F)c1F. The van der Waals surface area contributed by atoms with Crippen molar-refractivity contribution in [1.29, 1.82) is 0 Å². The molecule has 2 aromatic carbocycles. The molecule has 0 radical (unpaired) electrons. The summed E-state index contributed by atoms with van der Waals surface area (Å²) >= 11 is 2.01. The smallest absolute Gasteiger partial charge is 0.307 e. The Kier molecular flexibility index (Phi) is 4.48. The molecule has 2 rings (SSSR count). The zero-order chi connectivity index (χ0) is 14.7. The fraction of sp³-hybridized carbons (Fsp3) is 0. The average molecular weight is 392 g/mol. The van der Waals surface area contributed by atoms with Crippen molar-refractivity contribution < 1.29 is 18.0 Å². The summed E-state index contributed by atoms with van der Waals surface area (Å²) in [7, 11) is 0. The fourth-order valence-electron chi connectivity index (χ4n) is 1.46. The Morgan fingerprint density at radius 1 is 0.900 bits per heavy atom. The quantitative estimate of drug-likeness (QED) is 0.579. The van der Waals surface area contributed by atoms with Crippen LogP contribution in [0.3, 0.4) is 0 Å². The van der Waals surface area contributed by atoms with E-state index in [1.807, 2.05) is 22.6 Å². The van der Waals surface area contributed by atoms with E-state index < -0.39 is 29.2 Å². The Bertz CT molecular complexity index is 664. The third-order valence-corrected chi connectivity index (χ3v) is 3.35. The molecule has 0 saturated heterocycles. The van der Waals surface area contributed by atoms with Gasteiger partial charge in [0.15, 0.2) is 17.5 Å². The zero-order valence-electron chi connectivity index (χ0n) is 9.88. The van der Waals surface area contributed by atoms with E-state index in [0.717, 1.165) is 15.7 Å². The molecule has 20 heavy (non-hydrogen) atoms. The number of anilines is 2. The van der Waals surface area contributed by atoms with Crippen molar-refractivity contribution in [3.63, 3.8) is 0 Å². The Morgan fingerprint density at radius 2 is 1.55 bits per heavy atom. The van der Waals surface area contributed by atoms with Crippen LogP contribution in [-0.2, 0) is 0 Å². The van der Waals surface area contributed by atoms with Crippen molar-refractivity contribution in [2.24, 2.45) is 0 Å². The molecule has 0 aromatic heterocycles. The van der Waals surface area contributed by atoms with Crippen LogP contribution in [0, 0.1) is 21.0 Å². The van der Waals surface area contributed by atoms with Crippen LogP contribution in [0.1, 0.15) is 0 Å². The van der Waals surface area contributed by atoms with Gasteiger partial charge < -0.3 is 10.6 Å². The molecule has 7 heteroatoms. The molecule has 0 atom stereocenters. The first-order valence-corrected chi connectivity index (χ1v) is 6.53. The lowest BCUT2D eigenvalue weighted by Gasteiger charge is -2.10. The van der Waals surface area contributed by atoms with Crippen LogP contribution >= 0.6 is 22.6 Å². The second-order valence-electron chi connectivity index (χ2n) is 3.78. The maximum absolute atomic E-state index is 13.4. The van der Waals surface area contributed by atoms with Gasteiger partial charge in [-0.25, -0.2) is 18.0 Å². The Hall–Kier alpha value is -1.77. The second-order valence-corrected chi connectivity index (χ2v) is 4.94. The van der Waals surface area contributed by atoms with Crippen molar-refractivity contribution in [3.8, 4) is 0 Å². The molecule has 0 aliphatic carbocycles. The maximum atomic E-state index is 13.4. The van der Waals surface area contributed by atoms with Crippen molar-refractivity contribution in [1.82, 2.24) is 0 Å². The van der Waals surface area contributed by atoms with E-state index in [0.29, 0.717) is 5.69 Å². The van der Waals surface area contributed by atoms with Gasteiger partial charge in [-0.15, -0.1) is 0 Å². The Labute approximate surface area is 126 Å². The number of para-hydroxylation sites is 1. The fourth-order valence-corrected chi connectivity index (χ4v) is 1.98. The first kappa shape index (κ1) is 14.6. The summed E-state index contributed by atoms with van der Waals surface area (Å²) < 4.78 is 39.9. The number of nitrogens with one attached hydrogen (secondary N) is 2. The molecule has 0 aliphatic heterocycles. The monoisotopic (exact) mass is 392 g/mol. The Balaban J connectivity index is 2.13. The number of rotatable bonds is 2. The highest BCUT2D eigenvalue weighted by atomic mass is 127. The first-order valence-electron chi connectivity index (χ1n) is 5.45. The van der Waals surface area contributed by atoms with E-state index in [2.05, 4.69) is 10.6 Å². The van der Waals surface area contributed by atoms with Crippen molar-refractivity contribution >= 4 is 40.0 Å². The van der Waals surface area contributed by atoms with Crippen LogP contribution in [0.25, 0.3) is 0 Å². The lowest BCUT2D eigenvalue weighted by atomic mass is 10.3. The highest BCUT2D eigenvalue weighted by molar-refractivity contribution is 14.1. The average Bonchev–Trinajstić information content (AvgIpc) is 2.42. The summed E-state index contributed by atoms with van der Waals surface area (Å²) in [5, 5.41) is 4.60. The minimum atomic E-state index is -1.63. The largest absolute Gasteiger partial charge is 0.323 e. The number of carbonyl (C=O) groups excluding carboxylic acids is 1. The minimum absolute atomic E-state index is 0.438. The molecular formula is C13H8F3IN2O. The summed E-state index contributed by atoms with van der Waals surface area (Å²) in [6.45, 7) is 0. The number of hydrogen-bond acceptors (Lipinski definition) is 1. The molecular weight excluding hydrogens is 384 g/mol. The van der Waals surface area contributed by atoms with E-state index in [9.17, 15) is 18.0 Å². The zero-order valence-corrected chi connectivity index (χ0v) is 12.0.